The number of aliphatic imine (C=N–C) groups is 1. The lowest BCUT2D eigenvalue weighted by molar-refractivity contribution is 0.427. The van der Waals surface area contributed by atoms with Crippen LogP contribution in [0.3, 0.4) is 0 Å². The van der Waals surface area contributed by atoms with E-state index in [0.717, 1.165) is 36.7 Å². The van der Waals surface area contributed by atoms with Crippen molar-refractivity contribution in [1.82, 2.24) is 4.57 Å². The maximum Gasteiger partial charge on any atom is 0.210 e. The Morgan fingerprint density at radius 2 is 2.00 bits per heavy atom. The van der Waals surface area contributed by atoms with Crippen LogP contribution in [-0.2, 0) is 7.05 Å². The molecule has 1 N–H and O–H groups in total. The monoisotopic (exact) mass is 411 g/mol. The molecule has 3 aromatic rings. The lowest BCUT2D eigenvalue weighted by Crippen LogP contribution is -2.08. The van der Waals surface area contributed by atoms with Gasteiger partial charge in [0.1, 0.15) is 0 Å². The van der Waals surface area contributed by atoms with Crippen LogP contribution < -0.4 is 4.80 Å². The summed E-state index contributed by atoms with van der Waals surface area (Å²) in [6.07, 6.45) is 3.77. The lowest BCUT2D eigenvalue weighted by Gasteiger charge is -2.00. The molecule has 2 aromatic carbocycles. The number of halogens is 1. The third-order valence-electron chi connectivity index (χ3n) is 3.91. The Kier molecular flexibility index (Phi) is 4.15. The van der Waals surface area contributed by atoms with E-state index < -0.39 is 0 Å². The van der Waals surface area contributed by atoms with Crippen molar-refractivity contribution in [3.8, 4) is 5.88 Å². The molecule has 0 saturated heterocycles. The predicted octanol–water partition coefficient (Wildman–Crippen LogP) is 5.04. The summed E-state index contributed by atoms with van der Waals surface area (Å²) in [7, 11) is 1.81. The van der Waals surface area contributed by atoms with Crippen LogP contribution in [0.2, 0.25) is 0 Å². The summed E-state index contributed by atoms with van der Waals surface area (Å²) >= 11 is 4.94. The first-order chi connectivity index (χ1) is 12.1. The van der Waals surface area contributed by atoms with E-state index in [1.54, 1.807) is 4.57 Å². The summed E-state index contributed by atoms with van der Waals surface area (Å²) in [5.74, 6) is 0.198. The van der Waals surface area contributed by atoms with E-state index in [1.165, 1.54) is 11.3 Å². The third-order valence-corrected chi connectivity index (χ3v) is 5.47. The second-order valence-corrected chi connectivity index (χ2v) is 7.52. The summed E-state index contributed by atoms with van der Waals surface area (Å²) in [5.41, 5.74) is 3.81. The summed E-state index contributed by atoms with van der Waals surface area (Å²) < 4.78 is 2.70. The van der Waals surface area contributed by atoms with Gasteiger partial charge in [-0.3, -0.25) is 9.56 Å². The van der Waals surface area contributed by atoms with Gasteiger partial charge in [-0.2, -0.15) is 0 Å². The highest BCUT2D eigenvalue weighted by Crippen LogP contribution is 2.36. The highest BCUT2D eigenvalue weighted by atomic mass is 79.9. The SMILES string of the molecule is Cn1c(O)c(/C=C2\C=Nc3ccc(Br)cc32)sc1=Nc1ccccc1. The Labute approximate surface area is 157 Å². The van der Waals surface area contributed by atoms with Crippen LogP contribution in [0.4, 0.5) is 11.4 Å². The van der Waals surface area contributed by atoms with Gasteiger partial charge in [0.2, 0.25) is 5.88 Å². The molecular formula is C19H14BrN3OS. The highest BCUT2D eigenvalue weighted by Gasteiger charge is 2.15. The van der Waals surface area contributed by atoms with Crippen LogP contribution in [0.5, 0.6) is 5.88 Å². The van der Waals surface area contributed by atoms with Gasteiger partial charge in [-0.15, -0.1) is 0 Å². The normalized spacial score (nSPS) is 15.1. The maximum absolute atomic E-state index is 10.5. The molecule has 0 saturated carbocycles. The van der Waals surface area contributed by atoms with E-state index in [0.29, 0.717) is 0 Å². The van der Waals surface area contributed by atoms with Crippen molar-refractivity contribution in [3.63, 3.8) is 0 Å². The van der Waals surface area contributed by atoms with Crippen molar-refractivity contribution in [2.24, 2.45) is 17.0 Å². The Morgan fingerprint density at radius 3 is 2.80 bits per heavy atom. The van der Waals surface area contributed by atoms with Crippen LogP contribution >= 0.6 is 27.3 Å². The quantitative estimate of drug-likeness (QED) is 0.630. The molecule has 0 radical (unpaired) electrons. The molecular weight excluding hydrogens is 398 g/mol. The van der Waals surface area contributed by atoms with Gasteiger partial charge in [-0.05, 0) is 36.4 Å². The Hall–Kier alpha value is -2.44. The van der Waals surface area contributed by atoms with E-state index >= 15 is 0 Å². The van der Waals surface area contributed by atoms with Crippen molar-refractivity contribution in [3.05, 3.63) is 68.2 Å². The molecule has 0 spiro atoms. The first-order valence-corrected chi connectivity index (χ1v) is 9.27. The molecule has 4 nitrogen and oxygen atoms in total. The zero-order valence-corrected chi connectivity index (χ0v) is 15.8. The predicted molar refractivity (Wildman–Crippen MR) is 107 cm³/mol. The number of aromatic nitrogens is 1. The first kappa shape index (κ1) is 16.1. The molecule has 2 heterocycles. The minimum Gasteiger partial charge on any atom is -0.493 e. The fraction of sp³-hybridized carbons (Fsp3) is 0.0526. The van der Waals surface area contributed by atoms with Crippen molar-refractivity contribution >= 4 is 56.5 Å². The average molecular weight is 412 g/mol. The van der Waals surface area contributed by atoms with E-state index in [4.69, 9.17) is 0 Å². The molecule has 1 aromatic heterocycles. The van der Waals surface area contributed by atoms with Crippen LogP contribution in [0.1, 0.15) is 10.4 Å². The molecule has 0 amide bonds. The van der Waals surface area contributed by atoms with E-state index in [9.17, 15) is 5.11 Å². The largest absolute Gasteiger partial charge is 0.493 e. The molecule has 1 aliphatic heterocycles. The third kappa shape index (κ3) is 3.10. The number of fused-ring (bicyclic) bond motifs is 1. The van der Waals surface area contributed by atoms with Gasteiger partial charge in [0.25, 0.3) is 0 Å². The van der Waals surface area contributed by atoms with Crippen molar-refractivity contribution in [2.45, 2.75) is 0 Å². The molecule has 0 fully saturated rings. The number of aromatic hydroxyl groups is 1. The van der Waals surface area contributed by atoms with Crippen molar-refractivity contribution in [1.29, 1.82) is 0 Å². The van der Waals surface area contributed by atoms with Crippen molar-refractivity contribution < 1.29 is 5.11 Å². The molecule has 1 aliphatic rings. The first-order valence-electron chi connectivity index (χ1n) is 7.66. The summed E-state index contributed by atoms with van der Waals surface area (Å²) in [5, 5.41) is 10.5. The molecule has 4 rings (SSSR count). The van der Waals surface area contributed by atoms with Crippen molar-refractivity contribution in [2.75, 3.05) is 0 Å². The highest BCUT2D eigenvalue weighted by molar-refractivity contribution is 9.10. The minimum absolute atomic E-state index is 0.198. The number of hydrogen-bond donors (Lipinski definition) is 1. The van der Waals surface area contributed by atoms with E-state index in [2.05, 4.69) is 25.9 Å². The summed E-state index contributed by atoms with van der Waals surface area (Å²) in [6.45, 7) is 0. The van der Waals surface area contributed by atoms with Gasteiger partial charge in [0.15, 0.2) is 4.80 Å². The number of nitrogens with zero attached hydrogens (tertiary/aromatic N) is 3. The Bertz CT molecular complexity index is 1080. The van der Waals surface area contributed by atoms with E-state index in [1.807, 2.05) is 67.9 Å². The summed E-state index contributed by atoms with van der Waals surface area (Å²) in [4.78, 5) is 10.5. The molecule has 6 heteroatoms. The standard InChI is InChI=1S/C19H14BrN3OS/c1-23-18(24)17(25-19(23)22-14-5-3-2-4-6-14)9-12-11-21-16-8-7-13(20)10-15(12)16/h2-11,24H,1H3/b12-9+,22-19?. The fourth-order valence-electron chi connectivity index (χ4n) is 2.59. The minimum atomic E-state index is 0.198. The molecule has 0 unspecified atom stereocenters. The molecule has 0 bridgehead atoms. The molecule has 0 aliphatic carbocycles. The number of para-hydroxylation sites is 1. The second kappa shape index (κ2) is 6.46. The zero-order chi connectivity index (χ0) is 17.4. The second-order valence-electron chi connectivity index (χ2n) is 5.60. The maximum atomic E-state index is 10.5. The number of benzene rings is 2. The van der Waals surface area contributed by atoms with Crippen LogP contribution in [0.25, 0.3) is 11.6 Å². The Morgan fingerprint density at radius 1 is 1.20 bits per heavy atom. The molecule has 124 valence electrons. The van der Waals surface area contributed by atoms with Gasteiger partial charge in [0.05, 0.1) is 16.3 Å². The number of hydrogen-bond acceptors (Lipinski definition) is 4. The van der Waals surface area contributed by atoms with Gasteiger partial charge < -0.3 is 5.11 Å². The molecule has 0 atom stereocenters. The fourth-order valence-corrected chi connectivity index (χ4v) is 3.94. The molecule has 25 heavy (non-hydrogen) atoms. The van der Waals surface area contributed by atoms with Gasteiger partial charge in [-0.1, -0.05) is 45.5 Å². The smallest absolute Gasteiger partial charge is 0.210 e. The van der Waals surface area contributed by atoms with Gasteiger partial charge in [0, 0.05) is 28.9 Å². The average Bonchev–Trinajstić information content (AvgIpc) is 3.13. The Balaban J connectivity index is 1.79. The van der Waals surface area contributed by atoms with Crippen LogP contribution in [-0.4, -0.2) is 15.9 Å². The zero-order valence-electron chi connectivity index (χ0n) is 13.3. The van der Waals surface area contributed by atoms with Crippen LogP contribution in [0.15, 0.2) is 63.0 Å². The van der Waals surface area contributed by atoms with Crippen LogP contribution in [0, 0.1) is 0 Å². The van der Waals surface area contributed by atoms with Gasteiger partial charge >= 0.3 is 0 Å². The number of allylic oxidation sites excluding steroid dienone is 1. The number of rotatable bonds is 2. The van der Waals surface area contributed by atoms with E-state index in [-0.39, 0.29) is 5.88 Å². The summed E-state index contributed by atoms with van der Waals surface area (Å²) in [6, 6.07) is 15.7. The van der Waals surface area contributed by atoms with Gasteiger partial charge in [-0.25, -0.2) is 4.99 Å². The topological polar surface area (TPSA) is 49.9 Å². The number of thiazole rings is 1. The lowest BCUT2D eigenvalue weighted by atomic mass is 10.1.